The van der Waals surface area contributed by atoms with Gasteiger partial charge in [-0.15, -0.1) is 0 Å². The van der Waals surface area contributed by atoms with E-state index in [0.29, 0.717) is 5.56 Å². The molecule has 1 atom stereocenters. The molecular weight excluding hydrogens is 570 g/mol. The molecule has 0 spiro atoms. The van der Waals surface area contributed by atoms with Crippen molar-refractivity contribution in [1.29, 1.82) is 5.26 Å². The van der Waals surface area contributed by atoms with Gasteiger partial charge >= 0.3 is 0 Å². The van der Waals surface area contributed by atoms with Gasteiger partial charge in [-0.05, 0) is 77.4 Å². The first-order valence-electron chi connectivity index (χ1n) is 12.7. The molecule has 4 aromatic carbocycles. The van der Waals surface area contributed by atoms with E-state index in [9.17, 15) is 5.26 Å². The van der Waals surface area contributed by atoms with Crippen molar-refractivity contribution < 1.29 is 0 Å². The minimum Gasteiger partial charge on any atom is -0.192 e. The highest BCUT2D eigenvalue weighted by Crippen LogP contribution is 2.58. The molecule has 0 radical (unpaired) electrons. The number of halogens is 2. The minimum atomic E-state index is -0.519. The van der Waals surface area contributed by atoms with Crippen molar-refractivity contribution in [2.45, 2.75) is 51.4 Å². The summed E-state index contributed by atoms with van der Waals surface area (Å²) in [6, 6.07) is 31.2. The van der Waals surface area contributed by atoms with E-state index in [-0.39, 0.29) is 0 Å². The van der Waals surface area contributed by atoms with Gasteiger partial charge in [0, 0.05) is 14.5 Å². The molecule has 0 amide bonds. The van der Waals surface area contributed by atoms with E-state index in [1.807, 2.05) is 6.07 Å². The highest BCUT2D eigenvalue weighted by Gasteiger charge is 2.47. The number of aryl methyl sites for hydroxylation is 2. The second-order valence-electron chi connectivity index (χ2n) is 9.81. The summed E-state index contributed by atoms with van der Waals surface area (Å²) in [5.41, 5.74) is 9.81. The Morgan fingerprint density at radius 2 is 1.53 bits per heavy atom. The van der Waals surface area contributed by atoms with Crippen LogP contribution in [0.25, 0.3) is 11.1 Å². The summed E-state index contributed by atoms with van der Waals surface area (Å²) in [5, 5.41) is 10.2. The zero-order chi connectivity index (χ0) is 25.3. The molecule has 5 rings (SSSR count). The zero-order valence-corrected chi connectivity index (χ0v) is 23.9. The van der Waals surface area contributed by atoms with E-state index in [1.165, 1.54) is 53.5 Å². The van der Waals surface area contributed by atoms with E-state index in [1.54, 1.807) is 0 Å². The second kappa shape index (κ2) is 10.4. The van der Waals surface area contributed by atoms with Gasteiger partial charge in [0.05, 0.1) is 17.0 Å². The highest BCUT2D eigenvalue weighted by atomic mass is 79.9. The first kappa shape index (κ1) is 25.0. The number of hydrogen-bond acceptors (Lipinski definition) is 1. The maximum absolute atomic E-state index is 10.2. The Morgan fingerprint density at radius 1 is 0.778 bits per heavy atom. The van der Waals surface area contributed by atoms with Gasteiger partial charge < -0.3 is 0 Å². The summed E-state index contributed by atoms with van der Waals surface area (Å²) >= 11 is 7.49. The van der Waals surface area contributed by atoms with Gasteiger partial charge in [0.2, 0.25) is 0 Å². The van der Waals surface area contributed by atoms with Crippen molar-refractivity contribution in [3.63, 3.8) is 0 Å². The van der Waals surface area contributed by atoms with Crippen molar-refractivity contribution in [3.05, 3.63) is 127 Å². The fourth-order valence-corrected chi connectivity index (χ4v) is 6.67. The van der Waals surface area contributed by atoms with Gasteiger partial charge in [0.15, 0.2) is 0 Å². The van der Waals surface area contributed by atoms with Crippen molar-refractivity contribution >= 4 is 31.9 Å². The lowest BCUT2D eigenvalue weighted by Crippen LogP contribution is -2.29. The molecule has 0 heterocycles. The van der Waals surface area contributed by atoms with Crippen LogP contribution >= 0.6 is 31.9 Å². The van der Waals surface area contributed by atoms with E-state index in [4.69, 9.17) is 0 Å². The SMILES string of the molecule is CCCCCCc1cccc(C2(c3cccc(C)c3)c3cc(Br)ccc3-c3c(C#N)cc(Br)cc32)c1. The molecule has 1 unspecified atom stereocenters. The zero-order valence-electron chi connectivity index (χ0n) is 20.7. The third-order valence-corrected chi connectivity index (χ3v) is 8.36. The Kier molecular flexibility index (Phi) is 7.20. The van der Waals surface area contributed by atoms with Crippen molar-refractivity contribution in [2.75, 3.05) is 0 Å². The molecule has 0 aliphatic heterocycles. The van der Waals surface area contributed by atoms with Crippen LogP contribution in [-0.2, 0) is 11.8 Å². The van der Waals surface area contributed by atoms with E-state index >= 15 is 0 Å². The first-order valence-corrected chi connectivity index (χ1v) is 14.3. The monoisotopic (exact) mass is 597 g/mol. The Morgan fingerprint density at radius 3 is 2.28 bits per heavy atom. The lowest BCUT2D eigenvalue weighted by atomic mass is 9.67. The molecule has 0 fully saturated rings. The van der Waals surface area contributed by atoms with Crippen LogP contribution in [0.2, 0.25) is 0 Å². The van der Waals surface area contributed by atoms with Crippen LogP contribution in [-0.4, -0.2) is 0 Å². The van der Waals surface area contributed by atoms with Gasteiger partial charge in [0.25, 0.3) is 0 Å². The van der Waals surface area contributed by atoms with E-state index in [0.717, 1.165) is 32.1 Å². The molecule has 3 heteroatoms. The number of nitrogens with zero attached hydrogens (tertiary/aromatic N) is 1. The van der Waals surface area contributed by atoms with Crippen molar-refractivity contribution in [1.82, 2.24) is 0 Å². The van der Waals surface area contributed by atoms with Crippen LogP contribution in [0.1, 0.15) is 71.6 Å². The molecule has 0 aromatic heterocycles. The number of hydrogen-bond donors (Lipinski definition) is 0. The number of rotatable bonds is 7. The third-order valence-electron chi connectivity index (χ3n) is 7.41. The smallest absolute Gasteiger partial charge is 0.0998 e. The quantitative estimate of drug-likeness (QED) is 0.171. The fraction of sp³-hybridized carbons (Fsp3) is 0.242. The summed E-state index contributed by atoms with van der Waals surface area (Å²) in [5.74, 6) is 0. The Bertz CT molecular complexity index is 1480. The minimum absolute atomic E-state index is 0.519. The van der Waals surface area contributed by atoms with Crippen LogP contribution in [0.5, 0.6) is 0 Å². The van der Waals surface area contributed by atoms with Gasteiger partial charge in [-0.2, -0.15) is 5.26 Å². The molecular formula is C33H29Br2N. The normalized spacial score (nSPS) is 15.9. The average molecular weight is 599 g/mol. The van der Waals surface area contributed by atoms with Crippen LogP contribution in [0.4, 0.5) is 0 Å². The number of unbranched alkanes of at least 4 members (excludes halogenated alkanes) is 3. The number of fused-ring (bicyclic) bond motifs is 3. The van der Waals surface area contributed by atoms with Gasteiger partial charge in [-0.3, -0.25) is 0 Å². The summed E-state index contributed by atoms with van der Waals surface area (Å²) in [6.07, 6.45) is 6.08. The second-order valence-corrected chi connectivity index (χ2v) is 11.6. The molecule has 1 aliphatic carbocycles. The molecule has 4 aromatic rings. The topological polar surface area (TPSA) is 23.8 Å². The van der Waals surface area contributed by atoms with Gasteiger partial charge in [0.1, 0.15) is 0 Å². The van der Waals surface area contributed by atoms with Crippen LogP contribution < -0.4 is 0 Å². The largest absolute Gasteiger partial charge is 0.192 e. The lowest BCUT2D eigenvalue weighted by molar-refractivity contribution is 0.665. The molecule has 0 bridgehead atoms. The molecule has 1 nitrogen and oxygen atoms in total. The molecule has 180 valence electrons. The maximum Gasteiger partial charge on any atom is 0.0998 e. The molecule has 0 N–H and O–H groups in total. The summed E-state index contributed by atoms with van der Waals surface area (Å²) < 4.78 is 1.97. The van der Waals surface area contributed by atoms with Crippen LogP contribution in [0, 0.1) is 18.3 Å². The standard InChI is InChI=1S/C33H29Br2N/c1-3-4-5-6-10-23-11-8-13-26(17-23)33(25-12-7-9-22(2)16-25)30-19-27(34)14-15-29(30)32-24(21-36)18-28(35)20-31(32)33/h7-9,11-20H,3-6,10H2,1-2H3. The third kappa shape index (κ3) is 4.25. The predicted octanol–water partition coefficient (Wildman–Crippen LogP) is 9.88. The molecule has 1 aliphatic rings. The molecule has 0 saturated heterocycles. The summed E-state index contributed by atoms with van der Waals surface area (Å²) in [6.45, 7) is 4.41. The maximum atomic E-state index is 10.2. The number of benzene rings is 4. The first-order chi connectivity index (χ1) is 17.5. The Balaban J connectivity index is 1.85. The highest BCUT2D eigenvalue weighted by molar-refractivity contribution is 9.10. The number of nitriles is 1. The predicted molar refractivity (Wildman–Crippen MR) is 156 cm³/mol. The Hall–Kier alpha value is -2.67. The van der Waals surface area contributed by atoms with Crippen molar-refractivity contribution in [3.8, 4) is 17.2 Å². The van der Waals surface area contributed by atoms with Gasteiger partial charge in [-0.1, -0.05) is 118 Å². The summed E-state index contributed by atoms with van der Waals surface area (Å²) in [4.78, 5) is 0. The van der Waals surface area contributed by atoms with Crippen molar-refractivity contribution in [2.24, 2.45) is 0 Å². The van der Waals surface area contributed by atoms with Crippen LogP contribution in [0.3, 0.4) is 0 Å². The van der Waals surface area contributed by atoms with Crippen LogP contribution in [0.15, 0.2) is 87.8 Å². The van der Waals surface area contributed by atoms with Gasteiger partial charge in [-0.25, -0.2) is 0 Å². The average Bonchev–Trinajstić information content (AvgIpc) is 3.16. The lowest BCUT2D eigenvalue weighted by Gasteiger charge is -2.34. The fourth-order valence-electron chi connectivity index (χ4n) is 5.85. The Labute approximate surface area is 231 Å². The van der Waals surface area contributed by atoms with E-state index < -0.39 is 5.41 Å². The molecule has 0 saturated carbocycles. The molecule has 36 heavy (non-hydrogen) atoms. The summed E-state index contributed by atoms with van der Waals surface area (Å²) in [7, 11) is 0. The van der Waals surface area contributed by atoms with E-state index in [2.05, 4.69) is 125 Å².